The highest BCUT2D eigenvalue weighted by Crippen LogP contribution is 2.38. The SMILES string of the molecule is NNC(=O)C1CC(OC(F)(F)F)C1.NNC(=O)OCc1ccccc1.O=C(NNC(=O)C1CC(OC(F)(F)F)C1)OCc1ccccc1.O=C(O)C1CC(OC(F)(F)F)C1.O=C(OCc1ccccc1)C1CC(O)C1.O=C(OCc1ccccc1)C1CC(OC(F)(F)F)C1. The molecule has 0 unspecified atom stereocenters. The monoisotopic (exact) mass is 1360 g/mol. The number of halogens is 12. The fourth-order valence-corrected chi connectivity index (χ4v) is 8.56. The second-order valence-corrected chi connectivity index (χ2v) is 21.2. The van der Waals surface area contributed by atoms with E-state index in [2.05, 4.69) is 24.4 Å². The average molecular weight is 1360 g/mol. The number of nitrogens with two attached hydrogens (primary N) is 2. The summed E-state index contributed by atoms with van der Waals surface area (Å²) in [5.74, 6) is 4.54. The number of carboxylic acids is 1. The maximum absolute atomic E-state index is 11.9. The van der Waals surface area contributed by atoms with Crippen LogP contribution in [-0.4, -0.2) is 108 Å². The van der Waals surface area contributed by atoms with Crippen molar-refractivity contribution in [1.82, 2.24) is 21.7 Å². The van der Waals surface area contributed by atoms with Crippen molar-refractivity contribution in [3.8, 4) is 0 Å². The lowest BCUT2D eigenvalue weighted by molar-refractivity contribution is -0.354. The van der Waals surface area contributed by atoms with Crippen molar-refractivity contribution in [2.75, 3.05) is 0 Å². The van der Waals surface area contributed by atoms with Crippen LogP contribution in [0.15, 0.2) is 121 Å². The summed E-state index contributed by atoms with van der Waals surface area (Å²) >= 11 is 0. The number of amides is 4. The number of carboxylic acid groups (broad SMARTS) is 1. The second-order valence-electron chi connectivity index (χ2n) is 21.2. The maximum Gasteiger partial charge on any atom is 0.522 e. The smallest absolute Gasteiger partial charge is 0.481 e. The molecule has 0 atom stereocenters. The number of carbonyl (C=O) groups excluding carboxylic acids is 6. The molecule has 5 aliphatic rings. The Kier molecular flexibility index (Phi) is 31.7. The Morgan fingerprint density at radius 3 is 0.936 bits per heavy atom. The topological polar surface area (TPSA) is 334 Å². The zero-order valence-electron chi connectivity index (χ0n) is 49.4. The number of aliphatic hydroxyl groups is 1. The van der Waals surface area contributed by atoms with Crippen LogP contribution in [0.2, 0.25) is 0 Å². The van der Waals surface area contributed by atoms with Gasteiger partial charge in [-0.15, -0.1) is 52.7 Å². The van der Waals surface area contributed by atoms with Crippen LogP contribution in [0.1, 0.15) is 86.5 Å². The van der Waals surface area contributed by atoms with Crippen LogP contribution in [0.4, 0.5) is 62.3 Å². The minimum absolute atomic E-state index is 0.0352. The summed E-state index contributed by atoms with van der Waals surface area (Å²) in [5, 5.41) is 17.4. The van der Waals surface area contributed by atoms with Crippen molar-refractivity contribution in [3.63, 3.8) is 0 Å². The summed E-state index contributed by atoms with van der Waals surface area (Å²) in [7, 11) is 0. The lowest BCUT2D eigenvalue weighted by atomic mass is 9.82. The molecule has 0 aromatic heterocycles. The highest BCUT2D eigenvalue weighted by Gasteiger charge is 2.46. The molecule has 4 aromatic rings. The first-order valence-corrected chi connectivity index (χ1v) is 28.4. The van der Waals surface area contributed by atoms with E-state index in [0.29, 0.717) is 19.4 Å². The fraction of sp³-hybridized carbons (Fsp3) is 0.475. The van der Waals surface area contributed by atoms with Gasteiger partial charge in [0, 0.05) is 11.8 Å². The minimum atomic E-state index is -4.70. The molecule has 94 heavy (non-hydrogen) atoms. The Bertz CT molecular complexity index is 2930. The molecule has 0 radical (unpaired) electrons. The molecule has 0 aliphatic heterocycles. The van der Waals surface area contributed by atoms with Gasteiger partial charge >= 0.3 is 55.5 Å². The molecule has 35 heteroatoms. The van der Waals surface area contributed by atoms with E-state index in [1.807, 2.05) is 113 Å². The van der Waals surface area contributed by atoms with Gasteiger partial charge in [0.25, 0.3) is 0 Å². The van der Waals surface area contributed by atoms with Crippen LogP contribution in [-0.2, 0) is 88.3 Å². The van der Waals surface area contributed by atoms with Gasteiger partial charge in [0.2, 0.25) is 11.8 Å². The molecule has 5 saturated carbocycles. The fourth-order valence-electron chi connectivity index (χ4n) is 8.56. The standard InChI is InChI=1S/C14H15F3N2O4.C13H13F3O3.C12H14O3.C8H10N2O2.C6H9F3N2O2.C6H7F3O3/c15-14(16,17)23-11-6-10(7-11)12(20)18-19-13(21)22-8-9-4-2-1-3-5-9;14-13(15,16)19-11-6-10(7-11)12(17)18-8-9-4-2-1-3-5-9;13-11-6-10(7-11)12(14)15-8-9-4-2-1-3-5-9;9-10-8(11)12-6-7-4-2-1-3-5-7;7-6(8,9)13-4-1-3(2-4)5(12)11-10;7-6(8,9)12-4-1-3(2-4)5(10)11/h1-5,10-11H,6-8H2,(H,18,20)(H,19,21);1-5,10-11H,6-8H2;1-5,10-11,13H,6-8H2;1-5H,6,9H2,(H,10,11);3-4H,1-2,10H2,(H,11,12);3-4H,1-2H2,(H,10,11). The number of aliphatic carboxylic acids is 1. The van der Waals surface area contributed by atoms with Crippen molar-refractivity contribution in [2.24, 2.45) is 41.3 Å². The number of ether oxygens (including phenoxy) is 8. The molecule has 5 aliphatic carbocycles. The van der Waals surface area contributed by atoms with Gasteiger partial charge in [-0.3, -0.25) is 59.2 Å². The van der Waals surface area contributed by atoms with E-state index in [4.69, 9.17) is 40.8 Å². The van der Waals surface area contributed by atoms with E-state index in [1.165, 1.54) is 0 Å². The first kappa shape index (κ1) is 78.1. The molecule has 0 saturated heterocycles. The summed E-state index contributed by atoms with van der Waals surface area (Å²) in [6.07, 6.45) is -23.0. The Labute approximate surface area is 528 Å². The lowest BCUT2D eigenvalue weighted by Crippen LogP contribution is -2.49. The molecular weight excluding hydrogens is 1290 g/mol. The largest absolute Gasteiger partial charge is 0.522 e. The van der Waals surface area contributed by atoms with Crippen LogP contribution >= 0.6 is 0 Å². The van der Waals surface area contributed by atoms with Crippen LogP contribution in [0.25, 0.3) is 0 Å². The normalized spacial score (nSPS) is 22.2. The Balaban J connectivity index is 0.000000245. The van der Waals surface area contributed by atoms with E-state index in [0.717, 1.165) is 22.3 Å². The summed E-state index contributed by atoms with van der Waals surface area (Å²) < 4.78 is 175. The number of hydrogen-bond donors (Lipinski definition) is 8. The second kappa shape index (κ2) is 38.1. The van der Waals surface area contributed by atoms with E-state index < -0.39 is 109 Å². The van der Waals surface area contributed by atoms with Crippen molar-refractivity contribution in [2.45, 2.75) is 147 Å². The van der Waals surface area contributed by atoms with E-state index in [-0.39, 0.29) is 89.2 Å². The van der Waals surface area contributed by atoms with Gasteiger partial charge in [0.15, 0.2) is 0 Å². The quantitative estimate of drug-likeness (QED) is 0.0122. The van der Waals surface area contributed by atoms with Gasteiger partial charge in [-0.25, -0.2) is 26.7 Å². The van der Waals surface area contributed by atoms with E-state index >= 15 is 0 Å². The molecule has 0 heterocycles. The molecular formula is C59H68F12N6O17. The summed E-state index contributed by atoms with van der Waals surface area (Å²) in [4.78, 5) is 77.4. The van der Waals surface area contributed by atoms with Crippen LogP contribution in [0, 0.1) is 29.6 Å². The highest BCUT2D eigenvalue weighted by molar-refractivity contribution is 5.82. The van der Waals surface area contributed by atoms with Gasteiger partial charge in [0.05, 0.1) is 48.3 Å². The number of aliphatic hydroxyl groups excluding tert-OH is 1. The highest BCUT2D eigenvalue weighted by atomic mass is 19.4. The minimum Gasteiger partial charge on any atom is -0.481 e. The van der Waals surface area contributed by atoms with Crippen LogP contribution in [0.5, 0.6) is 0 Å². The number of hydrogen-bond acceptors (Lipinski definition) is 18. The average Bonchev–Trinajstić information content (AvgIpc) is 0.877. The number of hydrazine groups is 3. The van der Waals surface area contributed by atoms with Crippen molar-refractivity contribution < 1.29 is 134 Å². The predicted octanol–water partition coefficient (Wildman–Crippen LogP) is 9.27. The molecule has 0 bridgehead atoms. The van der Waals surface area contributed by atoms with Crippen molar-refractivity contribution in [1.29, 1.82) is 0 Å². The molecule has 520 valence electrons. The van der Waals surface area contributed by atoms with Crippen molar-refractivity contribution >= 4 is 41.9 Å². The van der Waals surface area contributed by atoms with Gasteiger partial charge in [-0.1, -0.05) is 121 Å². The molecule has 4 aromatic carbocycles. The Morgan fingerprint density at radius 2 is 0.649 bits per heavy atom. The zero-order chi connectivity index (χ0) is 69.7. The van der Waals surface area contributed by atoms with Gasteiger partial charge in [-0.05, 0) is 86.5 Å². The Morgan fingerprint density at radius 1 is 0.372 bits per heavy atom. The third-order valence-corrected chi connectivity index (χ3v) is 13.9. The molecule has 10 N–H and O–H groups in total. The molecule has 0 spiro atoms. The number of benzene rings is 4. The molecule has 23 nitrogen and oxygen atoms in total. The summed E-state index contributed by atoms with van der Waals surface area (Å²) in [5.41, 5.74) is 11.4. The number of rotatable bonds is 17. The maximum atomic E-state index is 11.9. The first-order chi connectivity index (χ1) is 44.2. The number of alkyl halides is 12. The number of nitrogens with one attached hydrogen (secondary N) is 4. The zero-order valence-corrected chi connectivity index (χ0v) is 49.4. The van der Waals surface area contributed by atoms with Crippen LogP contribution < -0.4 is 33.4 Å². The Hall–Kier alpha value is -8.35. The van der Waals surface area contributed by atoms with Crippen molar-refractivity contribution in [3.05, 3.63) is 144 Å². The predicted molar refractivity (Wildman–Crippen MR) is 298 cm³/mol. The van der Waals surface area contributed by atoms with Gasteiger partial charge in [-0.2, -0.15) is 0 Å². The lowest BCUT2D eigenvalue weighted by Gasteiger charge is -2.34. The third kappa shape index (κ3) is 32.5. The molecule has 4 amide bonds. The summed E-state index contributed by atoms with van der Waals surface area (Å²) in [6.45, 7) is 0.741. The van der Waals surface area contributed by atoms with Crippen LogP contribution in [0.3, 0.4) is 0 Å². The van der Waals surface area contributed by atoms with Gasteiger partial charge in [0.1, 0.15) is 26.4 Å². The first-order valence-electron chi connectivity index (χ1n) is 28.4. The molecule has 5 fully saturated rings. The number of carbonyl (C=O) groups is 7. The van der Waals surface area contributed by atoms with Gasteiger partial charge < -0.3 is 29.2 Å². The third-order valence-electron chi connectivity index (χ3n) is 13.9. The molecule has 9 rings (SSSR count). The number of esters is 2. The summed E-state index contributed by atoms with van der Waals surface area (Å²) in [6, 6.07) is 37.0. The van der Waals surface area contributed by atoms with E-state index in [9.17, 15) is 86.2 Å². The van der Waals surface area contributed by atoms with E-state index in [1.54, 1.807) is 24.3 Å².